The fourth-order valence-electron chi connectivity index (χ4n) is 1.51. The Morgan fingerprint density at radius 2 is 2.42 bits per heavy atom. The van der Waals surface area contributed by atoms with Gasteiger partial charge in [0.1, 0.15) is 11.3 Å². The summed E-state index contributed by atoms with van der Waals surface area (Å²) < 4.78 is 7.30. The van der Waals surface area contributed by atoms with Gasteiger partial charge in [-0.15, -0.1) is 10.2 Å². The molecule has 0 aliphatic heterocycles. The number of carbonyl (C=O) groups excluding carboxylic acids is 1. The summed E-state index contributed by atoms with van der Waals surface area (Å²) in [5.74, 6) is 0.0405. The molecule has 0 aliphatic rings. The first-order chi connectivity index (χ1) is 9.22. The Morgan fingerprint density at radius 3 is 3.16 bits per heavy atom. The summed E-state index contributed by atoms with van der Waals surface area (Å²) in [4.78, 5) is 12.4. The van der Waals surface area contributed by atoms with E-state index in [4.69, 9.17) is 4.42 Å². The highest BCUT2D eigenvalue weighted by molar-refractivity contribution is 9.10. The first-order valence-electron chi connectivity index (χ1n) is 5.41. The molecule has 9 heteroatoms. The molecule has 3 rings (SSSR count). The minimum atomic E-state index is -0.242. The lowest BCUT2D eigenvalue weighted by Gasteiger charge is -2.00. The zero-order valence-corrected chi connectivity index (χ0v) is 11.9. The van der Waals surface area contributed by atoms with Crippen LogP contribution in [0.3, 0.4) is 0 Å². The molecule has 0 aliphatic carbocycles. The van der Waals surface area contributed by atoms with Crippen molar-refractivity contribution in [2.75, 3.05) is 6.54 Å². The Hall–Kier alpha value is -1.74. The number of rotatable bonds is 4. The van der Waals surface area contributed by atoms with Gasteiger partial charge >= 0.3 is 0 Å². The predicted octanol–water partition coefficient (Wildman–Crippen LogP) is 1.51. The molecule has 3 heterocycles. The van der Waals surface area contributed by atoms with Gasteiger partial charge in [0.15, 0.2) is 10.4 Å². The van der Waals surface area contributed by atoms with E-state index in [1.54, 1.807) is 23.0 Å². The van der Waals surface area contributed by atoms with E-state index >= 15 is 0 Å². The quantitative estimate of drug-likeness (QED) is 0.777. The van der Waals surface area contributed by atoms with Crippen molar-refractivity contribution >= 4 is 38.1 Å². The van der Waals surface area contributed by atoms with Gasteiger partial charge in [0.25, 0.3) is 5.91 Å². The normalized spacial score (nSPS) is 11.0. The van der Waals surface area contributed by atoms with E-state index in [1.807, 2.05) is 0 Å². The van der Waals surface area contributed by atoms with Gasteiger partial charge in [-0.25, -0.2) is 0 Å². The molecule has 0 fully saturated rings. The third-order valence-corrected chi connectivity index (χ3v) is 3.75. The molecule has 98 valence electrons. The van der Waals surface area contributed by atoms with Gasteiger partial charge in [0, 0.05) is 13.0 Å². The Labute approximate surface area is 119 Å². The van der Waals surface area contributed by atoms with Crippen LogP contribution in [-0.2, 0) is 6.42 Å². The summed E-state index contributed by atoms with van der Waals surface area (Å²) in [5, 5.41) is 15.6. The van der Waals surface area contributed by atoms with Crippen molar-refractivity contribution in [3.8, 4) is 0 Å². The molecule has 3 aromatic heterocycles. The molecular weight excluding hydrogens is 334 g/mol. The van der Waals surface area contributed by atoms with Crippen LogP contribution in [0.2, 0.25) is 0 Å². The fourth-order valence-corrected chi connectivity index (χ4v) is 2.63. The molecule has 7 nitrogen and oxygen atoms in total. The molecule has 0 aromatic carbocycles. The third-order valence-electron chi connectivity index (χ3n) is 2.35. The van der Waals surface area contributed by atoms with E-state index in [2.05, 4.69) is 36.5 Å². The second-order valence-corrected chi connectivity index (χ2v) is 5.49. The van der Waals surface area contributed by atoms with Gasteiger partial charge in [-0.3, -0.25) is 4.79 Å². The molecule has 1 amide bonds. The first-order valence-corrected chi connectivity index (χ1v) is 7.02. The molecule has 0 radical (unpaired) electrons. The second-order valence-electron chi connectivity index (χ2n) is 3.66. The lowest BCUT2D eigenvalue weighted by molar-refractivity contribution is 0.0925. The van der Waals surface area contributed by atoms with E-state index in [0.717, 1.165) is 9.97 Å². The molecule has 3 aromatic rings. The fraction of sp³-hybridized carbons (Fsp3) is 0.200. The van der Waals surface area contributed by atoms with Gasteiger partial charge in [0.2, 0.25) is 4.96 Å². The lowest BCUT2D eigenvalue weighted by Crippen LogP contribution is -2.25. The van der Waals surface area contributed by atoms with E-state index in [0.29, 0.717) is 17.6 Å². The summed E-state index contributed by atoms with van der Waals surface area (Å²) in [6.07, 6.45) is 2.19. The second kappa shape index (κ2) is 5.10. The number of furan rings is 1. The van der Waals surface area contributed by atoms with E-state index < -0.39 is 0 Å². The van der Waals surface area contributed by atoms with E-state index in [-0.39, 0.29) is 11.7 Å². The van der Waals surface area contributed by atoms with Crippen LogP contribution in [0, 0.1) is 0 Å². The predicted molar refractivity (Wildman–Crippen MR) is 71.1 cm³/mol. The van der Waals surface area contributed by atoms with E-state index in [9.17, 15) is 4.79 Å². The van der Waals surface area contributed by atoms with Crippen molar-refractivity contribution in [2.24, 2.45) is 0 Å². The van der Waals surface area contributed by atoms with Gasteiger partial charge < -0.3 is 9.73 Å². The number of carbonyl (C=O) groups is 1. The van der Waals surface area contributed by atoms with Crippen molar-refractivity contribution < 1.29 is 9.21 Å². The molecule has 0 spiro atoms. The molecule has 1 N–H and O–H groups in total. The number of nitrogens with one attached hydrogen (secondary N) is 1. The average Bonchev–Trinajstić information content (AvgIpc) is 3.03. The molecule has 0 saturated carbocycles. The lowest BCUT2D eigenvalue weighted by atomic mass is 10.4. The van der Waals surface area contributed by atoms with Crippen LogP contribution in [0.15, 0.2) is 27.5 Å². The molecular formula is C10H8BrN5O2S. The van der Waals surface area contributed by atoms with Gasteiger partial charge in [0.05, 0.1) is 0 Å². The van der Waals surface area contributed by atoms with Crippen molar-refractivity contribution in [2.45, 2.75) is 6.42 Å². The summed E-state index contributed by atoms with van der Waals surface area (Å²) in [7, 11) is 0. The van der Waals surface area contributed by atoms with Crippen LogP contribution in [0.5, 0.6) is 0 Å². The van der Waals surface area contributed by atoms with Gasteiger partial charge in [-0.05, 0) is 28.1 Å². The zero-order valence-electron chi connectivity index (χ0n) is 9.54. The maximum Gasteiger partial charge on any atom is 0.287 e. The van der Waals surface area contributed by atoms with Crippen LogP contribution in [0.1, 0.15) is 15.6 Å². The SMILES string of the molecule is O=C(NCCc1nn2cnnc2s1)c1ccc(Br)o1. The van der Waals surface area contributed by atoms with E-state index in [1.165, 1.54) is 11.3 Å². The summed E-state index contributed by atoms with van der Waals surface area (Å²) in [5.41, 5.74) is 0. The highest BCUT2D eigenvalue weighted by atomic mass is 79.9. The number of halogens is 1. The first kappa shape index (κ1) is 12.3. The Morgan fingerprint density at radius 1 is 1.53 bits per heavy atom. The van der Waals surface area contributed by atoms with Crippen molar-refractivity contribution in [1.82, 2.24) is 25.1 Å². The Bertz CT molecular complexity index is 690. The van der Waals surface area contributed by atoms with Crippen LogP contribution < -0.4 is 5.32 Å². The smallest absolute Gasteiger partial charge is 0.287 e. The standard InChI is InChI=1S/C10H8BrN5O2S/c11-7-2-1-6(18-7)9(17)12-4-3-8-15-16-5-13-14-10(16)19-8/h1-2,5H,3-4H2,(H,12,17). The molecule has 19 heavy (non-hydrogen) atoms. The maximum atomic E-state index is 11.7. The molecule has 0 atom stereocenters. The minimum Gasteiger partial charge on any atom is -0.444 e. The van der Waals surface area contributed by atoms with Crippen molar-refractivity contribution in [3.63, 3.8) is 0 Å². The van der Waals surface area contributed by atoms with Crippen molar-refractivity contribution in [3.05, 3.63) is 33.9 Å². The minimum absolute atomic E-state index is 0.242. The van der Waals surface area contributed by atoms with Gasteiger partial charge in [-0.2, -0.15) is 9.61 Å². The van der Waals surface area contributed by atoms with Crippen LogP contribution in [0.25, 0.3) is 4.96 Å². The zero-order chi connectivity index (χ0) is 13.2. The summed E-state index contributed by atoms with van der Waals surface area (Å²) in [6, 6.07) is 3.29. The molecule has 0 bridgehead atoms. The average molecular weight is 342 g/mol. The largest absolute Gasteiger partial charge is 0.444 e. The number of hydrogen-bond acceptors (Lipinski definition) is 6. The van der Waals surface area contributed by atoms with Crippen LogP contribution in [0.4, 0.5) is 0 Å². The summed E-state index contributed by atoms with van der Waals surface area (Å²) >= 11 is 4.60. The number of amides is 1. The highest BCUT2D eigenvalue weighted by Crippen LogP contribution is 2.14. The van der Waals surface area contributed by atoms with Gasteiger partial charge in [-0.1, -0.05) is 11.3 Å². The highest BCUT2D eigenvalue weighted by Gasteiger charge is 2.10. The number of hydrogen-bond donors (Lipinski definition) is 1. The number of aromatic nitrogens is 4. The Balaban J connectivity index is 1.55. The maximum absolute atomic E-state index is 11.7. The number of nitrogens with zero attached hydrogens (tertiary/aromatic N) is 4. The topological polar surface area (TPSA) is 85.3 Å². The van der Waals surface area contributed by atoms with Crippen molar-refractivity contribution in [1.29, 1.82) is 0 Å². The number of fused-ring (bicyclic) bond motifs is 1. The molecule has 0 unspecified atom stereocenters. The van der Waals surface area contributed by atoms with Crippen LogP contribution in [-0.4, -0.2) is 32.3 Å². The third kappa shape index (κ3) is 2.66. The van der Waals surface area contributed by atoms with Crippen LogP contribution >= 0.6 is 27.3 Å². The monoisotopic (exact) mass is 341 g/mol. The summed E-state index contributed by atoms with van der Waals surface area (Å²) in [6.45, 7) is 0.487. The Kier molecular flexibility index (Phi) is 3.30. The molecule has 0 saturated heterocycles.